The van der Waals surface area contributed by atoms with E-state index in [-0.39, 0.29) is 12.3 Å². The molecule has 0 N–H and O–H groups in total. The molecule has 0 aliphatic carbocycles. The smallest absolute Gasteiger partial charge is 0.314 e. The van der Waals surface area contributed by atoms with Crippen molar-refractivity contribution in [1.29, 1.82) is 0 Å². The quantitative estimate of drug-likeness (QED) is 0.626. The lowest BCUT2D eigenvalue weighted by molar-refractivity contribution is -0.143. The first-order chi connectivity index (χ1) is 13.3. The average Bonchev–Trinajstić information content (AvgIpc) is 3.37. The fourth-order valence-electron chi connectivity index (χ4n) is 3.54. The Kier molecular flexibility index (Phi) is 5.18. The van der Waals surface area contributed by atoms with Gasteiger partial charge in [-0.3, -0.25) is 4.79 Å². The second kappa shape index (κ2) is 7.90. The van der Waals surface area contributed by atoms with Crippen LogP contribution in [0.15, 0.2) is 54.7 Å². The molecule has 1 aliphatic heterocycles. The Hall–Kier alpha value is -2.70. The number of pyridine rings is 1. The molecule has 3 aromatic rings. The zero-order valence-corrected chi connectivity index (χ0v) is 15.2. The highest BCUT2D eigenvalue weighted by Crippen LogP contribution is 2.34. The first-order valence-electron chi connectivity index (χ1n) is 9.11. The van der Waals surface area contributed by atoms with Gasteiger partial charge in [0.2, 0.25) is 0 Å². The summed E-state index contributed by atoms with van der Waals surface area (Å²) in [6, 6.07) is 15.7. The maximum absolute atomic E-state index is 12.7. The van der Waals surface area contributed by atoms with Gasteiger partial charge in [0.1, 0.15) is 5.65 Å². The zero-order valence-electron chi connectivity index (χ0n) is 15.2. The van der Waals surface area contributed by atoms with Crippen LogP contribution in [0.4, 0.5) is 0 Å². The van der Waals surface area contributed by atoms with Gasteiger partial charge in [-0.15, -0.1) is 0 Å². The molecule has 1 saturated heterocycles. The summed E-state index contributed by atoms with van der Waals surface area (Å²) in [7, 11) is 1.42. The standard InChI is InChI=1S/C21H22N2O4/c1-25-21(24)16(10-11-18-26-13-14-27-18)20-19(15-7-3-2-4-8-15)22-17-9-5-6-12-23(17)20/h2-9,12,16,18H,10-11,13-14H2,1H3. The summed E-state index contributed by atoms with van der Waals surface area (Å²) < 4.78 is 18.2. The first-order valence-corrected chi connectivity index (χ1v) is 9.11. The van der Waals surface area contributed by atoms with E-state index in [9.17, 15) is 4.79 Å². The third-order valence-electron chi connectivity index (χ3n) is 4.81. The maximum Gasteiger partial charge on any atom is 0.314 e. The van der Waals surface area contributed by atoms with E-state index in [1.807, 2.05) is 59.1 Å². The lowest BCUT2D eigenvalue weighted by Gasteiger charge is -2.18. The highest BCUT2D eigenvalue weighted by molar-refractivity contribution is 5.82. The summed E-state index contributed by atoms with van der Waals surface area (Å²) >= 11 is 0. The summed E-state index contributed by atoms with van der Waals surface area (Å²) in [4.78, 5) is 17.5. The van der Waals surface area contributed by atoms with Crippen molar-refractivity contribution in [2.45, 2.75) is 25.0 Å². The number of rotatable bonds is 6. The molecule has 6 nitrogen and oxygen atoms in total. The molecule has 3 heterocycles. The molecule has 1 atom stereocenters. The van der Waals surface area contributed by atoms with Crippen LogP contribution in [-0.2, 0) is 19.0 Å². The van der Waals surface area contributed by atoms with Crippen LogP contribution in [0.25, 0.3) is 16.9 Å². The van der Waals surface area contributed by atoms with Crippen LogP contribution in [-0.4, -0.2) is 42.0 Å². The Balaban J connectivity index is 1.78. The lowest BCUT2D eigenvalue weighted by atomic mass is 9.95. The second-order valence-corrected chi connectivity index (χ2v) is 6.46. The number of benzene rings is 1. The molecule has 0 spiro atoms. The number of hydrogen-bond acceptors (Lipinski definition) is 5. The number of hydrogen-bond donors (Lipinski definition) is 0. The molecule has 0 bridgehead atoms. The molecule has 6 heteroatoms. The first kappa shape index (κ1) is 17.7. The number of methoxy groups -OCH3 is 1. The normalized spacial score (nSPS) is 15.9. The van der Waals surface area contributed by atoms with Crippen LogP contribution in [0, 0.1) is 0 Å². The molecule has 0 saturated carbocycles. The van der Waals surface area contributed by atoms with Crippen LogP contribution in [0.1, 0.15) is 24.5 Å². The minimum absolute atomic E-state index is 0.267. The van der Waals surface area contributed by atoms with Gasteiger partial charge in [-0.1, -0.05) is 36.4 Å². The van der Waals surface area contributed by atoms with Crippen LogP contribution >= 0.6 is 0 Å². The third-order valence-corrected chi connectivity index (χ3v) is 4.81. The molecular formula is C21H22N2O4. The van der Waals surface area contributed by atoms with E-state index in [1.54, 1.807) is 0 Å². The lowest BCUT2D eigenvalue weighted by Crippen LogP contribution is -2.19. The summed E-state index contributed by atoms with van der Waals surface area (Å²) in [6.45, 7) is 1.19. The highest BCUT2D eigenvalue weighted by atomic mass is 16.7. The minimum Gasteiger partial charge on any atom is -0.469 e. The average molecular weight is 366 g/mol. The van der Waals surface area contributed by atoms with Gasteiger partial charge in [0.25, 0.3) is 0 Å². The van der Waals surface area contributed by atoms with E-state index in [0.717, 1.165) is 22.6 Å². The fraction of sp³-hybridized carbons (Fsp3) is 0.333. The molecule has 1 unspecified atom stereocenters. The molecule has 0 radical (unpaired) electrons. The van der Waals surface area contributed by atoms with Crippen molar-refractivity contribution in [2.24, 2.45) is 0 Å². The van der Waals surface area contributed by atoms with Crippen molar-refractivity contribution in [3.63, 3.8) is 0 Å². The molecule has 4 rings (SSSR count). The van der Waals surface area contributed by atoms with Crippen LogP contribution in [0.2, 0.25) is 0 Å². The number of imidazole rings is 1. The Morgan fingerprint density at radius 3 is 2.67 bits per heavy atom. The summed E-state index contributed by atoms with van der Waals surface area (Å²) in [6.07, 6.45) is 2.84. The van der Waals surface area contributed by atoms with Gasteiger partial charge in [-0.2, -0.15) is 0 Å². The molecule has 1 fully saturated rings. The molecule has 27 heavy (non-hydrogen) atoms. The number of fused-ring (bicyclic) bond motifs is 1. The molecular weight excluding hydrogens is 344 g/mol. The predicted octanol–water partition coefficient (Wildman–Crippen LogP) is 3.41. The van der Waals surface area contributed by atoms with E-state index in [2.05, 4.69) is 0 Å². The van der Waals surface area contributed by atoms with Gasteiger partial charge >= 0.3 is 5.97 Å². The SMILES string of the molecule is COC(=O)C(CCC1OCCO1)c1c(-c2ccccc2)nc2ccccn12. The third kappa shape index (κ3) is 3.59. The van der Waals surface area contributed by atoms with E-state index < -0.39 is 5.92 Å². The largest absolute Gasteiger partial charge is 0.469 e. The van der Waals surface area contributed by atoms with E-state index in [0.29, 0.717) is 26.1 Å². The van der Waals surface area contributed by atoms with Crippen molar-refractivity contribution in [2.75, 3.05) is 20.3 Å². The fourth-order valence-corrected chi connectivity index (χ4v) is 3.54. The Morgan fingerprint density at radius 1 is 1.19 bits per heavy atom. The van der Waals surface area contributed by atoms with Gasteiger partial charge in [0.05, 0.1) is 37.6 Å². The second-order valence-electron chi connectivity index (χ2n) is 6.46. The number of carbonyl (C=O) groups is 1. The van der Waals surface area contributed by atoms with Crippen LogP contribution < -0.4 is 0 Å². The number of ether oxygens (including phenoxy) is 3. The van der Waals surface area contributed by atoms with Crippen LogP contribution in [0.5, 0.6) is 0 Å². The summed E-state index contributed by atoms with van der Waals surface area (Å²) in [5, 5.41) is 0. The van der Waals surface area contributed by atoms with Gasteiger partial charge in [-0.05, 0) is 25.0 Å². The van der Waals surface area contributed by atoms with Crippen molar-refractivity contribution in [1.82, 2.24) is 9.38 Å². The Morgan fingerprint density at radius 2 is 1.93 bits per heavy atom. The Bertz CT molecular complexity index is 916. The number of aromatic nitrogens is 2. The summed E-state index contributed by atoms with van der Waals surface area (Å²) in [5.41, 5.74) is 3.40. The number of nitrogens with zero attached hydrogens (tertiary/aromatic N) is 2. The van der Waals surface area contributed by atoms with E-state index in [1.165, 1.54) is 7.11 Å². The van der Waals surface area contributed by atoms with Gasteiger partial charge in [0.15, 0.2) is 6.29 Å². The molecule has 140 valence electrons. The van der Waals surface area contributed by atoms with Crippen molar-refractivity contribution < 1.29 is 19.0 Å². The number of carbonyl (C=O) groups excluding carboxylic acids is 1. The van der Waals surface area contributed by atoms with E-state index in [4.69, 9.17) is 19.2 Å². The topological polar surface area (TPSA) is 62.1 Å². The monoisotopic (exact) mass is 366 g/mol. The minimum atomic E-state index is -0.463. The molecule has 1 aliphatic rings. The predicted molar refractivity (Wildman–Crippen MR) is 100 cm³/mol. The van der Waals surface area contributed by atoms with Crippen molar-refractivity contribution in [3.05, 3.63) is 60.4 Å². The molecule has 0 amide bonds. The van der Waals surface area contributed by atoms with Gasteiger partial charge in [0, 0.05) is 11.8 Å². The number of esters is 1. The zero-order chi connectivity index (χ0) is 18.6. The van der Waals surface area contributed by atoms with Crippen molar-refractivity contribution >= 4 is 11.6 Å². The summed E-state index contributed by atoms with van der Waals surface area (Å²) in [5.74, 6) is -0.744. The molecule has 1 aromatic carbocycles. The van der Waals surface area contributed by atoms with Gasteiger partial charge in [-0.25, -0.2) is 4.98 Å². The van der Waals surface area contributed by atoms with E-state index >= 15 is 0 Å². The van der Waals surface area contributed by atoms with Crippen LogP contribution in [0.3, 0.4) is 0 Å². The van der Waals surface area contributed by atoms with Gasteiger partial charge < -0.3 is 18.6 Å². The molecule has 2 aromatic heterocycles. The Labute approximate surface area is 157 Å². The van der Waals surface area contributed by atoms with Crippen molar-refractivity contribution in [3.8, 4) is 11.3 Å². The maximum atomic E-state index is 12.7. The highest BCUT2D eigenvalue weighted by Gasteiger charge is 2.30.